The van der Waals surface area contributed by atoms with Crippen molar-refractivity contribution in [1.82, 2.24) is 4.57 Å². The molecule has 2 heterocycles. The van der Waals surface area contributed by atoms with E-state index in [4.69, 9.17) is 16.6 Å². The summed E-state index contributed by atoms with van der Waals surface area (Å²) < 4.78 is 2.99. The number of thiazole rings is 1. The molecule has 34 heavy (non-hydrogen) atoms. The maximum atomic E-state index is 13.5. The van der Waals surface area contributed by atoms with Crippen molar-refractivity contribution in [3.8, 4) is 0 Å². The SMILES string of the molecule is O=c1c(=Cc2cc([N+](=O)[O-])ccc2Cl)sc2n1C(c1ccc(Br)cc1)C=C(c1ccccc1)N=2. The Bertz CT molecular complexity index is 1630. The molecule has 0 aliphatic carbocycles. The third-order valence-electron chi connectivity index (χ3n) is 5.40. The van der Waals surface area contributed by atoms with Crippen LogP contribution >= 0.6 is 38.9 Å². The van der Waals surface area contributed by atoms with Crippen LogP contribution in [0.5, 0.6) is 0 Å². The molecule has 0 radical (unpaired) electrons. The molecule has 1 unspecified atom stereocenters. The minimum Gasteiger partial charge on any atom is -0.272 e. The van der Waals surface area contributed by atoms with Crippen molar-refractivity contribution in [3.63, 3.8) is 0 Å². The van der Waals surface area contributed by atoms with E-state index in [9.17, 15) is 14.9 Å². The average molecular weight is 553 g/mol. The van der Waals surface area contributed by atoms with E-state index in [-0.39, 0.29) is 17.3 Å². The average Bonchev–Trinajstić information content (AvgIpc) is 3.16. The minimum absolute atomic E-state index is 0.0949. The molecule has 0 saturated heterocycles. The highest BCUT2D eigenvalue weighted by Gasteiger charge is 2.22. The molecule has 5 rings (SSSR count). The van der Waals surface area contributed by atoms with Crippen molar-refractivity contribution in [1.29, 1.82) is 0 Å². The van der Waals surface area contributed by atoms with Gasteiger partial charge in [0.2, 0.25) is 0 Å². The number of nitro benzene ring substituents is 1. The lowest BCUT2D eigenvalue weighted by atomic mass is 10.0. The second-order valence-corrected chi connectivity index (χ2v) is 9.89. The first-order valence-corrected chi connectivity index (χ1v) is 12.2. The van der Waals surface area contributed by atoms with Gasteiger partial charge in [-0.05, 0) is 41.5 Å². The molecule has 0 N–H and O–H groups in total. The van der Waals surface area contributed by atoms with E-state index in [0.29, 0.717) is 19.9 Å². The van der Waals surface area contributed by atoms with E-state index >= 15 is 0 Å². The van der Waals surface area contributed by atoms with Crippen LogP contribution in [0.2, 0.25) is 5.02 Å². The van der Waals surface area contributed by atoms with Crippen LogP contribution in [0.15, 0.2) is 93.1 Å². The van der Waals surface area contributed by atoms with E-state index < -0.39 is 4.92 Å². The highest BCUT2D eigenvalue weighted by atomic mass is 79.9. The summed E-state index contributed by atoms with van der Waals surface area (Å²) in [5.41, 5.74) is 2.74. The molecule has 6 nitrogen and oxygen atoms in total. The first-order valence-electron chi connectivity index (χ1n) is 10.2. The first kappa shape index (κ1) is 22.5. The van der Waals surface area contributed by atoms with Crippen molar-refractivity contribution in [2.45, 2.75) is 6.04 Å². The van der Waals surface area contributed by atoms with E-state index in [1.807, 2.05) is 60.7 Å². The van der Waals surface area contributed by atoms with Crippen LogP contribution in [-0.2, 0) is 0 Å². The van der Waals surface area contributed by atoms with Crippen molar-refractivity contribution >= 4 is 56.3 Å². The van der Waals surface area contributed by atoms with Crippen LogP contribution in [0, 0.1) is 10.1 Å². The number of non-ortho nitro benzene ring substituents is 1. The highest BCUT2D eigenvalue weighted by molar-refractivity contribution is 9.10. The number of allylic oxidation sites excluding steroid dienone is 1. The Morgan fingerprint density at radius 3 is 2.53 bits per heavy atom. The fraction of sp³-hybridized carbons (Fsp3) is 0.0400. The summed E-state index contributed by atoms with van der Waals surface area (Å²) in [6, 6.07) is 21.4. The van der Waals surface area contributed by atoms with Gasteiger partial charge in [0.1, 0.15) is 0 Å². The third-order valence-corrected chi connectivity index (χ3v) is 7.26. The van der Waals surface area contributed by atoms with Gasteiger partial charge in [-0.1, -0.05) is 81.3 Å². The molecular formula is C25H15BrClN3O3S. The number of halogens is 2. The highest BCUT2D eigenvalue weighted by Crippen LogP contribution is 2.28. The Morgan fingerprint density at radius 2 is 1.82 bits per heavy atom. The van der Waals surface area contributed by atoms with E-state index in [1.54, 1.807) is 10.6 Å². The Kier molecular flexibility index (Phi) is 6.03. The zero-order valence-corrected chi connectivity index (χ0v) is 20.5. The molecule has 0 bridgehead atoms. The molecule has 1 aromatic heterocycles. The lowest BCUT2D eigenvalue weighted by Gasteiger charge is -2.19. The van der Waals surface area contributed by atoms with Gasteiger partial charge in [-0.25, -0.2) is 4.99 Å². The molecule has 0 amide bonds. The standard InChI is InChI=1S/C25H15BrClN3O3S/c26-18-8-6-16(7-9-18)22-14-21(15-4-2-1-3-5-15)28-25-29(22)24(31)23(34-25)13-17-12-19(30(32)33)10-11-20(17)27/h1-14,22H. The summed E-state index contributed by atoms with van der Waals surface area (Å²) in [4.78, 5) is 29.5. The van der Waals surface area contributed by atoms with Gasteiger partial charge < -0.3 is 0 Å². The van der Waals surface area contributed by atoms with Crippen LogP contribution in [0.25, 0.3) is 11.8 Å². The van der Waals surface area contributed by atoms with Gasteiger partial charge in [-0.2, -0.15) is 0 Å². The monoisotopic (exact) mass is 551 g/mol. The predicted octanol–water partition coefficient (Wildman–Crippen LogP) is 5.33. The Morgan fingerprint density at radius 1 is 1.09 bits per heavy atom. The van der Waals surface area contributed by atoms with Gasteiger partial charge in [0.05, 0.1) is 21.2 Å². The molecule has 1 atom stereocenters. The van der Waals surface area contributed by atoms with Gasteiger partial charge >= 0.3 is 0 Å². The lowest BCUT2D eigenvalue weighted by molar-refractivity contribution is -0.384. The number of nitro groups is 1. The van der Waals surface area contributed by atoms with Crippen LogP contribution in [0.3, 0.4) is 0 Å². The van der Waals surface area contributed by atoms with Crippen molar-refractivity contribution in [2.75, 3.05) is 0 Å². The number of benzene rings is 3. The van der Waals surface area contributed by atoms with Crippen LogP contribution < -0.4 is 14.9 Å². The normalized spacial score (nSPS) is 15.4. The summed E-state index contributed by atoms with van der Waals surface area (Å²) in [5.74, 6) is 0. The zero-order chi connectivity index (χ0) is 23.8. The number of hydrogen-bond acceptors (Lipinski definition) is 5. The van der Waals surface area contributed by atoms with Crippen LogP contribution in [0.4, 0.5) is 5.69 Å². The van der Waals surface area contributed by atoms with E-state index in [1.165, 1.54) is 29.5 Å². The summed E-state index contributed by atoms with van der Waals surface area (Å²) >= 11 is 11.0. The molecular weight excluding hydrogens is 538 g/mol. The zero-order valence-electron chi connectivity index (χ0n) is 17.4. The van der Waals surface area contributed by atoms with Crippen molar-refractivity contribution in [2.24, 2.45) is 4.99 Å². The van der Waals surface area contributed by atoms with Crippen LogP contribution in [0.1, 0.15) is 22.7 Å². The fourth-order valence-electron chi connectivity index (χ4n) is 3.75. The maximum absolute atomic E-state index is 13.5. The van der Waals surface area contributed by atoms with Gasteiger partial charge in [0.25, 0.3) is 11.2 Å². The molecule has 0 fully saturated rings. The summed E-state index contributed by atoms with van der Waals surface area (Å²) in [6.07, 6.45) is 3.56. The molecule has 9 heteroatoms. The van der Waals surface area contributed by atoms with E-state index in [2.05, 4.69) is 15.9 Å². The fourth-order valence-corrected chi connectivity index (χ4v) is 5.19. The number of rotatable bonds is 4. The van der Waals surface area contributed by atoms with Gasteiger partial charge in [0, 0.05) is 27.2 Å². The number of fused-ring (bicyclic) bond motifs is 1. The predicted molar refractivity (Wildman–Crippen MR) is 138 cm³/mol. The van der Waals surface area contributed by atoms with Gasteiger partial charge in [-0.15, -0.1) is 0 Å². The summed E-state index contributed by atoms with van der Waals surface area (Å²) in [7, 11) is 0. The smallest absolute Gasteiger partial charge is 0.271 e. The minimum atomic E-state index is -0.491. The molecule has 1 aliphatic rings. The Balaban J connectivity index is 1.73. The lowest BCUT2D eigenvalue weighted by Crippen LogP contribution is -2.36. The van der Waals surface area contributed by atoms with Gasteiger partial charge in [0.15, 0.2) is 4.80 Å². The van der Waals surface area contributed by atoms with Crippen molar-refractivity contribution in [3.05, 3.63) is 135 Å². The van der Waals surface area contributed by atoms with Gasteiger partial charge in [-0.3, -0.25) is 19.5 Å². The molecule has 168 valence electrons. The van der Waals surface area contributed by atoms with Crippen LogP contribution in [-0.4, -0.2) is 9.49 Å². The second kappa shape index (κ2) is 9.13. The Hall–Kier alpha value is -3.33. The Labute approximate surface area is 211 Å². The summed E-state index contributed by atoms with van der Waals surface area (Å²) in [5, 5.41) is 11.5. The van der Waals surface area contributed by atoms with Crippen molar-refractivity contribution < 1.29 is 4.92 Å². The molecule has 1 aliphatic heterocycles. The van der Waals surface area contributed by atoms with E-state index in [0.717, 1.165) is 21.3 Å². The second-order valence-electron chi connectivity index (χ2n) is 7.56. The maximum Gasteiger partial charge on any atom is 0.271 e. The molecule has 0 saturated carbocycles. The molecule has 3 aromatic carbocycles. The summed E-state index contributed by atoms with van der Waals surface area (Å²) in [6.45, 7) is 0. The quantitative estimate of drug-likeness (QED) is 0.254. The third kappa shape index (κ3) is 4.27. The number of aromatic nitrogens is 1. The topological polar surface area (TPSA) is 77.5 Å². The number of nitrogens with zero attached hydrogens (tertiary/aromatic N) is 3. The largest absolute Gasteiger partial charge is 0.272 e. The number of hydrogen-bond donors (Lipinski definition) is 0. The first-order chi connectivity index (χ1) is 16.4. The molecule has 0 spiro atoms. The molecule has 4 aromatic rings.